The molecule has 3 aromatic rings. The quantitative estimate of drug-likeness (QED) is 0.348. The normalized spacial score (nSPS) is 10.5. The van der Waals surface area contributed by atoms with Gasteiger partial charge in [-0.25, -0.2) is 4.98 Å². The Morgan fingerprint density at radius 1 is 1.08 bits per heavy atom. The van der Waals surface area contributed by atoms with Crippen LogP contribution in [0.2, 0.25) is 5.02 Å². The third-order valence-electron chi connectivity index (χ3n) is 5.52. The Morgan fingerprint density at radius 2 is 1.81 bits per heavy atom. The molecule has 0 aliphatic rings. The molecule has 0 aliphatic carbocycles. The van der Waals surface area contributed by atoms with Crippen molar-refractivity contribution < 1.29 is 19.1 Å². The highest BCUT2D eigenvalue weighted by Crippen LogP contribution is 2.23. The summed E-state index contributed by atoms with van der Waals surface area (Å²) < 4.78 is 12.4. The Balaban J connectivity index is 1.72. The van der Waals surface area contributed by atoms with Gasteiger partial charge in [0, 0.05) is 37.1 Å². The maximum Gasteiger partial charge on any atom is 0.293 e. The molecular weight excluding hydrogens is 498 g/mol. The third kappa shape index (κ3) is 7.47. The molecule has 1 heterocycles. The molecule has 2 amide bonds. The van der Waals surface area contributed by atoms with Gasteiger partial charge in [-0.2, -0.15) is 0 Å². The minimum Gasteiger partial charge on any atom is -0.497 e. The van der Waals surface area contributed by atoms with E-state index < -0.39 is 5.91 Å². The lowest BCUT2D eigenvalue weighted by atomic mass is 10.2. The van der Waals surface area contributed by atoms with Crippen LogP contribution in [0.1, 0.15) is 30.7 Å². The molecule has 0 saturated carbocycles. The van der Waals surface area contributed by atoms with Crippen molar-refractivity contribution in [2.45, 2.75) is 40.4 Å². The molecule has 3 N–H and O–H groups in total. The highest BCUT2D eigenvalue weighted by Gasteiger charge is 2.16. The van der Waals surface area contributed by atoms with Crippen molar-refractivity contribution in [3.63, 3.8) is 0 Å². The van der Waals surface area contributed by atoms with E-state index in [1.165, 1.54) is 11.5 Å². The van der Waals surface area contributed by atoms with Crippen molar-refractivity contribution in [2.75, 3.05) is 24.4 Å². The van der Waals surface area contributed by atoms with Crippen molar-refractivity contribution in [2.24, 2.45) is 0 Å². The number of nitrogens with zero attached hydrogens (tertiary/aromatic N) is 2. The molecule has 3 rings (SSSR count). The molecule has 1 aromatic heterocycles. The lowest BCUT2D eigenvalue weighted by molar-refractivity contribution is -0.119. The zero-order valence-corrected chi connectivity index (χ0v) is 21.9. The molecule has 11 heteroatoms. The summed E-state index contributed by atoms with van der Waals surface area (Å²) >= 11 is 6.06. The minimum atomic E-state index is -0.460. The van der Waals surface area contributed by atoms with E-state index in [9.17, 15) is 14.4 Å². The van der Waals surface area contributed by atoms with Crippen LogP contribution in [0, 0.1) is 6.92 Å². The van der Waals surface area contributed by atoms with Crippen molar-refractivity contribution in [3.05, 3.63) is 74.7 Å². The van der Waals surface area contributed by atoms with Crippen LogP contribution in [-0.2, 0) is 29.2 Å². The van der Waals surface area contributed by atoms with Crippen molar-refractivity contribution in [3.8, 4) is 11.5 Å². The van der Waals surface area contributed by atoms with Gasteiger partial charge in [0.2, 0.25) is 5.91 Å². The number of ether oxygens (including phenoxy) is 2. The van der Waals surface area contributed by atoms with Crippen LogP contribution < -0.4 is 31.0 Å². The Labute approximate surface area is 220 Å². The van der Waals surface area contributed by atoms with Crippen LogP contribution >= 0.6 is 11.6 Å². The number of hydrogen-bond donors (Lipinski definition) is 3. The second-order valence-corrected chi connectivity index (χ2v) is 8.58. The summed E-state index contributed by atoms with van der Waals surface area (Å²) in [5.41, 5.74) is 1.80. The Hall–Kier alpha value is -4.05. The summed E-state index contributed by atoms with van der Waals surface area (Å²) in [5.74, 6) is 0.861. The van der Waals surface area contributed by atoms with E-state index in [-0.39, 0.29) is 36.3 Å². The van der Waals surface area contributed by atoms with Gasteiger partial charge in [0.15, 0.2) is 18.2 Å². The van der Waals surface area contributed by atoms with Gasteiger partial charge < -0.3 is 30.0 Å². The number of aromatic nitrogens is 2. The fourth-order valence-corrected chi connectivity index (χ4v) is 3.74. The van der Waals surface area contributed by atoms with Gasteiger partial charge in [-0.1, -0.05) is 23.7 Å². The van der Waals surface area contributed by atoms with Gasteiger partial charge in [0.05, 0.1) is 12.8 Å². The van der Waals surface area contributed by atoms with Crippen LogP contribution in [0.3, 0.4) is 0 Å². The van der Waals surface area contributed by atoms with E-state index in [2.05, 4.69) is 20.9 Å². The van der Waals surface area contributed by atoms with E-state index in [1.54, 1.807) is 32.2 Å². The SMILES string of the molecule is CCn1c(C)c(NC(=O)COc2ccc(Cl)cc2CNC(C)=O)nc(NCc2ccc(OC)cc2)c1=O. The van der Waals surface area contributed by atoms with E-state index in [0.717, 1.165) is 11.3 Å². The third-order valence-corrected chi connectivity index (χ3v) is 5.76. The van der Waals surface area contributed by atoms with Crippen LogP contribution in [-0.4, -0.2) is 35.1 Å². The van der Waals surface area contributed by atoms with E-state index >= 15 is 0 Å². The lowest BCUT2D eigenvalue weighted by Crippen LogP contribution is -2.30. The minimum absolute atomic E-state index is 0.120. The Bertz CT molecular complexity index is 1320. The molecule has 2 aromatic carbocycles. The van der Waals surface area contributed by atoms with Gasteiger partial charge in [0.25, 0.3) is 11.5 Å². The smallest absolute Gasteiger partial charge is 0.293 e. The predicted molar refractivity (Wildman–Crippen MR) is 142 cm³/mol. The molecule has 0 fully saturated rings. The van der Waals surface area contributed by atoms with Crippen LogP contribution in [0.25, 0.3) is 0 Å². The van der Waals surface area contributed by atoms with E-state index in [4.69, 9.17) is 21.1 Å². The van der Waals surface area contributed by atoms with Crippen LogP contribution in [0.4, 0.5) is 11.6 Å². The second kappa shape index (κ2) is 12.8. The molecule has 0 aliphatic heterocycles. The summed E-state index contributed by atoms with van der Waals surface area (Å²) in [7, 11) is 1.59. The van der Waals surface area contributed by atoms with Crippen molar-refractivity contribution in [1.29, 1.82) is 0 Å². The monoisotopic (exact) mass is 527 g/mol. The summed E-state index contributed by atoms with van der Waals surface area (Å²) in [6.07, 6.45) is 0. The first-order valence-corrected chi connectivity index (χ1v) is 12.0. The maximum absolute atomic E-state index is 12.9. The van der Waals surface area contributed by atoms with Gasteiger partial charge in [-0.3, -0.25) is 14.4 Å². The molecule has 0 unspecified atom stereocenters. The summed E-state index contributed by atoms with van der Waals surface area (Å²) in [6.45, 7) is 5.63. The maximum atomic E-state index is 12.9. The second-order valence-electron chi connectivity index (χ2n) is 8.14. The lowest BCUT2D eigenvalue weighted by Gasteiger charge is -2.16. The number of benzene rings is 2. The van der Waals surface area contributed by atoms with E-state index in [1.807, 2.05) is 31.2 Å². The van der Waals surface area contributed by atoms with Crippen molar-refractivity contribution in [1.82, 2.24) is 14.9 Å². The average Bonchev–Trinajstić information content (AvgIpc) is 2.88. The van der Waals surface area contributed by atoms with Crippen LogP contribution in [0.5, 0.6) is 11.5 Å². The molecule has 0 radical (unpaired) electrons. The highest BCUT2D eigenvalue weighted by molar-refractivity contribution is 6.30. The molecule has 0 spiro atoms. The number of nitrogens with one attached hydrogen (secondary N) is 3. The van der Waals surface area contributed by atoms with Gasteiger partial charge >= 0.3 is 0 Å². The molecule has 0 saturated heterocycles. The number of carbonyl (C=O) groups excluding carboxylic acids is 2. The number of anilines is 2. The number of hydrogen-bond acceptors (Lipinski definition) is 7. The Morgan fingerprint density at radius 3 is 2.46 bits per heavy atom. The molecule has 0 atom stereocenters. The molecule has 10 nitrogen and oxygen atoms in total. The standard InChI is InChI=1S/C26H30ClN5O5/c1-5-32-16(2)24(31-25(26(32)35)29-13-18-6-9-21(36-4)10-7-18)30-23(34)15-37-22-11-8-20(27)12-19(22)14-28-17(3)33/h6-12H,5,13-15H2,1-4H3,(H,28,33)(H,29,31)(H,30,34). The van der Waals surface area contributed by atoms with Gasteiger partial charge in [0.1, 0.15) is 11.5 Å². The first kappa shape index (κ1) is 27.5. The van der Waals surface area contributed by atoms with Crippen molar-refractivity contribution >= 4 is 35.1 Å². The van der Waals surface area contributed by atoms with Crippen LogP contribution in [0.15, 0.2) is 47.3 Å². The first-order valence-electron chi connectivity index (χ1n) is 11.7. The fraction of sp³-hybridized carbons (Fsp3) is 0.308. The topological polar surface area (TPSA) is 124 Å². The number of halogens is 1. The summed E-state index contributed by atoms with van der Waals surface area (Å²) in [6, 6.07) is 12.4. The van der Waals surface area contributed by atoms with Gasteiger partial charge in [-0.15, -0.1) is 0 Å². The number of methoxy groups -OCH3 is 1. The summed E-state index contributed by atoms with van der Waals surface area (Å²) in [4.78, 5) is 41.3. The Kier molecular flexibility index (Phi) is 9.51. The molecule has 196 valence electrons. The highest BCUT2D eigenvalue weighted by atomic mass is 35.5. The zero-order valence-electron chi connectivity index (χ0n) is 21.2. The number of rotatable bonds is 11. The fourth-order valence-electron chi connectivity index (χ4n) is 3.55. The molecular formula is C26H30ClN5O5. The number of amides is 2. The molecule has 0 bridgehead atoms. The zero-order chi connectivity index (χ0) is 26.9. The molecule has 37 heavy (non-hydrogen) atoms. The average molecular weight is 528 g/mol. The summed E-state index contributed by atoms with van der Waals surface area (Å²) in [5, 5.41) is 8.96. The largest absolute Gasteiger partial charge is 0.497 e. The predicted octanol–water partition coefficient (Wildman–Crippen LogP) is 3.50. The first-order chi connectivity index (χ1) is 17.7. The number of carbonyl (C=O) groups is 2. The van der Waals surface area contributed by atoms with E-state index in [0.29, 0.717) is 35.1 Å². The van der Waals surface area contributed by atoms with Gasteiger partial charge in [-0.05, 0) is 49.7 Å².